The fraction of sp³-hybridized carbons (Fsp3) is 0.133. The molecule has 5 nitrogen and oxygen atoms in total. The number of anilines is 1. The highest BCUT2D eigenvalue weighted by Crippen LogP contribution is 2.14. The standard InChI is InChI=1S/C15H16BrN3O2S/c1-19(2)14-7-3-12(4-8-14)11-17-18-22(20,21)15-9-5-13(16)6-10-15/h3-11,18H,1-2H3. The largest absolute Gasteiger partial charge is 0.378 e. The number of nitrogens with zero attached hydrogens (tertiary/aromatic N) is 2. The van der Waals surface area contributed by atoms with E-state index in [9.17, 15) is 8.42 Å². The molecule has 0 aromatic heterocycles. The first kappa shape index (κ1) is 16.5. The van der Waals surface area contributed by atoms with Crippen LogP contribution in [0.4, 0.5) is 5.69 Å². The van der Waals surface area contributed by atoms with Gasteiger partial charge >= 0.3 is 0 Å². The lowest BCUT2D eigenvalue weighted by Gasteiger charge is -2.11. The van der Waals surface area contributed by atoms with E-state index in [2.05, 4.69) is 25.9 Å². The van der Waals surface area contributed by atoms with Crippen LogP contribution in [0.2, 0.25) is 0 Å². The lowest BCUT2D eigenvalue weighted by molar-refractivity contribution is 0.584. The molecule has 2 aromatic rings. The summed E-state index contributed by atoms with van der Waals surface area (Å²) in [6.07, 6.45) is 1.47. The molecule has 2 rings (SSSR count). The Bertz CT molecular complexity index is 754. The molecule has 7 heteroatoms. The number of hydrazone groups is 1. The van der Waals surface area contributed by atoms with Crippen molar-refractivity contribution in [3.63, 3.8) is 0 Å². The van der Waals surface area contributed by atoms with Crippen molar-refractivity contribution < 1.29 is 8.42 Å². The van der Waals surface area contributed by atoms with Crippen molar-refractivity contribution in [1.29, 1.82) is 0 Å². The lowest BCUT2D eigenvalue weighted by Crippen LogP contribution is -2.18. The summed E-state index contributed by atoms with van der Waals surface area (Å²) in [4.78, 5) is 4.34. The fourth-order valence-electron chi connectivity index (χ4n) is 1.70. The van der Waals surface area contributed by atoms with Crippen LogP contribution in [0, 0.1) is 0 Å². The predicted octanol–water partition coefficient (Wildman–Crippen LogP) is 2.83. The Kier molecular flexibility index (Phi) is 5.20. The van der Waals surface area contributed by atoms with Gasteiger partial charge in [-0.2, -0.15) is 13.5 Å². The topological polar surface area (TPSA) is 61.8 Å². The molecule has 0 saturated heterocycles. The molecule has 0 aliphatic heterocycles. The van der Waals surface area contributed by atoms with Gasteiger partial charge in [-0.25, -0.2) is 4.83 Å². The second kappa shape index (κ2) is 6.93. The van der Waals surface area contributed by atoms with Crippen LogP contribution in [-0.2, 0) is 10.0 Å². The van der Waals surface area contributed by atoms with E-state index in [1.54, 1.807) is 12.1 Å². The van der Waals surface area contributed by atoms with Gasteiger partial charge in [0.15, 0.2) is 0 Å². The van der Waals surface area contributed by atoms with Crippen molar-refractivity contribution in [2.24, 2.45) is 5.10 Å². The van der Waals surface area contributed by atoms with Gasteiger partial charge in [0.1, 0.15) is 0 Å². The minimum absolute atomic E-state index is 0.163. The Balaban J connectivity index is 2.06. The second-order valence-electron chi connectivity index (χ2n) is 4.79. The molecule has 2 aromatic carbocycles. The van der Waals surface area contributed by atoms with Crippen LogP contribution < -0.4 is 9.73 Å². The van der Waals surface area contributed by atoms with Gasteiger partial charge in [-0.15, -0.1) is 0 Å². The van der Waals surface area contributed by atoms with Crippen LogP contribution in [0.3, 0.4) is 0 Å². The quantitative estimate of drug-likeness (QED) is 0.639. The molecule has 1 N–H and O–H groups in total. The maximum Gasteiger partial charge on any atom is 0.276 e. The van der Waals surface area contributed by atoms with Gasteiger partial charge in [-0.05, 0) is 42.0 Å². The third kappa shape index (κ3) is 4.32. The number of nitrogens with one attached hydrogen (secondary N) is 1. The highest BCUT2D eigenvalue weighted by atomic mass is 79.9. The van der Waals surface area contributed by atoms with Gasteiger partial charge in [0.25, 0.3) is 10.0 Å². The Morgan fingerprint density at radius 3 is 2.18 bits per heavy atom. The molecule has 0 saturated carbocycles. The monoisotopic (exact) mass is 381 g/mol. The number of hydrogen-bond acceptors (Lipinski definition) is 4. The van der Waals surface area contributed by atoms with E-state index in [4.69, 9.17) is 0 Å². The minimum atomic E-state index is -3.65. The number of sulfonamides is 1. The average Bonchev–Trinajstić information content (AvgIpc) is 2.48. The summed E-state index contributed by atoms with van der Waals surface area (Å²) in [5, 5.41) is 3.80. The van der Waals surface area contributed by atoms with Crippen molar-refractivity contribution >= 4 is 37.9 Å². The highest BCUT2D eigenvalue weighted by molar-refractivity contribution is 9.10. The van der Waals surface area contributed by atoms with E-state index in [1.807, 2.05) is 43.3 Å². The summed E-state index contributed by atoms with van der Waals surface area (Å²) in [5.41, 5.74) is 1.87. The zero-order chi connectivity index (χ0) is 16.2. The van der Waals surface area contributed by atoms with E-state index in [0.29, 0.717) is 0 Å². The van der Waals surface area contributed by atoms with E-state index in [-0.39, 0.29) is 4.90 Å². The Morgan fingerprint density at radius 1 is 1.05 bits per heavy atom. The molecule has 0 bridgehead atoms. The molecule has 0 heterocycles. The second-order valence-corrected chi connectivity index (χ2v) is 7.37. The minimum Gasteiger partial charge on any atom is -0.378 e. The first-order chi connectivity index (χ1) is 10.4. The zero-order valence-corrected chi connectivity index (χ0v) is 14.6. The Labute approximate surface area is 138 Å². The normalized spacial score (nSPS) is 11.6. The van der Waals surface area contributed by atoms with E-state index in [1.165, 1.54) is 18.3 Å². The molecule has 0 atom stereocenters. The average molecular weight is 382 g/mol. The van der Waals surface area contributed by atoms with Crippen LogP contribution >= 0.6 is 15.9 Å². The lowest BCUT2D eigenvalue weighted by atomic mass is 10.2. The van der Waals surface area contributed by atoms with Crippen molar-refractivity contribution in [2.75, 3.05) is 19.0 Å². The molecular formula is C15H16BrN3O2S. The zero-order valence-electron chi connectivity index (χ0n) is 12.2. The number of benzene rings is 2. The van der Waals surface area contributed by atoms with E-state index >= 15 is 0 Å². The van der Waals surface area contributed by atoms with Gasteiger partial charge in [-0.1, -0.05) is 28.1 Å². The smallest absolute Gasteiger partial charge is 0.276 e. The van der Waals surface area contributed by atoms with Gasteiger partial charge < -0.3 is 4.90 Å². The SMILES string of the molecule is CN(C)c1ccc(C=NNS(=O)(=O)c2ccc(Br)cc2)cc1. The van der Waals surface area contributed by atoms with Gasteiger partial charge in [0, 0.05) is 24.3 Å². The van der Waals surface area contributed by atoms with Crippen molar-refractivity contribution in [3.05, 3.63) is 58.6 Å². The Morgan fingerprint density at radius 2 is 1.64 bits per heavy atom. The van der Waals surface area contributed by atoms with Crippen LogP contribution in [0.5, 0.6) is 0 Å². The van der Waals surface area contributed by atoms with Crippen LogP contribution in [0.15, 0.2) is 63.0 Å². The van der Waals surface area contributed by atoms with E-state index < -0.39 is 10.0 Å². The summed E-state index contributed by atoms with van der Waals surface area (Å²) in [7, 11) is 0.262. The summed E-state index contributed by atoms with van der Waals surface area (Å²) in [6, 6.07) is 14.0. The summed E-state index contributed by atoms with van der Waals surface area (Å²) >= 11 is 3.26. The Hall–Kier alpha value is -1.86. The predicted molar refractivity (Wildman–Crippen MR) is 92.8 cm³/mol. The van der Waals surface area contributed by atoms with Gasteiger partial charge in [0.05, 0.1) is 11.1 Å². The van der Waals surface area contributed by atoms with Crippen molar-refractivity contribution in [2.45, 2.75) is 4.90 Å². The van der Waals surface area contributed by atoms with Crippen LogP contribution in [-0.4, -0.2) is 28.7 Å². The molecule has 22 heavy (non-hydrogen) atoms. The molecule has 0 radical (unpaired) electrons. The van der Waals surface area contributed by atoms with E-state index in [0.717, 1.165) is 15.7 Å². The summed E-state index contributed by atoms with van der Waals surface area (Å²) in [6.45, 7) is 0. The molecule has 0 fully saturated rings. The van der Waals surface area contributed by atoms with Crippen molar-refractivity contribution in [1.82, 2.24) is 4.83 Å². The first-order valence-electron chi connectivity index (χ1n) is 6.46. The molecule has 0 aliphatic carbocycles. The highest BCUT2D eigenvalue weighted by Gasteiger charge is 2.11. The summed E-state index contributed by atoms with van der Waals surface area (Å²) in [5.74, 6) is 0. The molecular weight excluding hydrogens is 366 g/mol. The summed E-state index contributed by atoms with van der Waals surface area (Å²) < 4.78 is 24.9. The third-order valence-electron chi connectivity index (χ3n) is 2.92. The molecule has 116 valence electrons. The molecule has 0 unspecified atom stereocenters. The maximum absolute atomic E-state index is 12.0. The van der Waals surface area contributed by atoms with Gasteiger partial charge in [-0.3, -0.25) is 0 Å². The van der Waals surface area contributed by atoms with Crippen LogP contribution in [0.1, 0.15) is 5.56 Å². The van der Waals surface area contributed by atoms with Crippen LogP contribution in [0.25, 0.3) is 0 Å². The first-order valence-corrected chi connectivity index (χ1v) is 8.74. The number of rotatable bonds is 5. The maximum atomic E-state index is 12.0. The third-order valence-corrected chi connectivity index (χ3v) is 4.69. The number of halogens is 1. The fourth-order valence-corrected chi connectivity index (χ4v) is 2.75. The molecule has 0 aliphatic rings. The van der Waals surface area contributed by atoms with Crippen molar-refractivity contribution in [3.8, 4) is 0 Å². The van der Waals surface area contributed by atoms with Gasteiger partial charge in [0.2, 0.25) is 0 Å². The molecule has 0 spiro atoms. The molecule has 0 amide bonds. The number of hydrogen-bond donors (Lipinski definition) is 1.